The minimum Gasteiger partial charge on any atom is -0.354 e. The first-order valence-electron chi connectivity index (χ1n) is 13.4. The molecule has 40 heavy (non-hydrogen) atoms. The van der Waals surface area contributed by atoms with Crippen molar-refractivity contribution in [1.29, 1.82) is 0 Å². The monoisotopic (exact) mass is 627 g/mol. The van der Waals surface area contributed by atoms with E-state index in [0.717, 1.165) is 31.9 Å². The molecule has 3 rings (SSSR count). The molecule has 0 aromatic heterocycles. The van der Waals surface area contributed by atoms with E-state index in [4.69, 9.17) is 0 Å². The number of halogens is 1. The van der Waals surface area contributed by atoms with E-state index < -0.39 is 28.5 Å². The number of carbonyl (C=O) groups excluding carboxylic acids is 2. The number of nitrogens with one attached hydrogen (secondary N) is 1. The number of nitrogens with zero attached hydrogens (tertiary/aromatic N) is 2. The van der Waals surface area contributed by atoms with Gasteiger partial charge in [-0.15, -0.1) is 0 Å². The molecule has 0 saturated carbocycles. The number of sulfonamides is 1. The summed E-state index contributed by atoms with van der Waals surface area (Å²) in [6.07, 6.45) is 0.757. The summed E-state index contributed by atoms with van der Waals surface area (Å²) in [5.41, 5.74) is 3.17. The van der Waals surface area contributed by atoms with E-state index in [1.807, 2.05) is 50.2 Å². The maximum absolute atomic E-state index is 14.0. The third-order valence-corrected chi connectivity index (χ3v) is 8.98. The number of benzene rings is 3. The molecule has 0 aliphatic heterocycles. The molecule has 3 aromatic carbocycles. The fraction of sp³-hybridized carbons (Fsp3) is 0.355. The van der Waals surface area contributed by atoms with E-state index in [9.17, 15) is 18.0 Å². The average Bonchev–Trinajstić information content (AvgIpc) is 2.93. The Morgan fingerprint density at radius 3 is 2.17 bits per heavy atom. The fourth-order valence-corrected chi connectivity index (χ4v) is 6.06. The highest BCUT2D eigenvalue weighted by Gasteiger charge is 2.32. The maximum Gasteiger partial charge on any atom is 0.264 e. The molecule has 0 heterocycles. The zero-order valence-electron chi connectivity index (χ0n) is 23.7. The third kappa shape index (κ3) is 7.95. The number of hydrogen-bond acceptors (Lipinski definition) is 4. The quantitative estimate of drug-likeness (QED) is 0.266. The Hall–Kier alpha value is -3.17. The van der Waals surface area contributed by atoms with Crippen LogP contribution in [0.4, 0.5) is 5.69 Å². The lowest BCUT2D eigenvalue weighted by atomic mass is 10.0. The Morgan fingerprint density at radius 2 is 1.60 bits per heavy atom. The van der Waals surface area contributed by atoms with Crippen molar-refractivity contribution >= 4 is 43.5 Å². The van der Waals surface area contributed by atoms with Crippen LogP contribution in [0.2, 0.25) is 0 Å². The third-order valence-electron chi connectivity index (χ3n) is 6.69. The average molecular weight is 629 g/mol. The Labute approximate surface area is 246 Å². The summed E-state index contributed by atoms with van der Waals surface area (Å²) in [6, 6.07) is 20.4. The topological polar surface area (TPSA) is 86.8 Å². The van der Waals surface area contributed by atoms with Crippen molar-refractivity contribution in [3.63, 3.8) is 0 Å². The highest BCUT2D eigenvalue weighted by atomic mass is 79.9. The van der Waals surface area contributed by atoms with Crippen molar-refractivity contribution in [2.45, 2.75) is 64.4 Å². The lowest BCUT2D eigenvalue weighted by Crippen LogP contribution is -2.51. The lowest BCUT2D eigenvalue weighted by molar-refractivity contribution is -0.139. The van der Waals surface area contributed by atoms with Crippen LogP contribution in [0.25, 0.3) is 0 Å². The summed E-state index contributed by atoms with van der Waals surface area (Å²) in [4.78, 5) is 28.5. The summed E-state index contributed by atoms with van der Waals surface area (Å²) in [6.45, 7) is 9.78. The minimum atomic E-state index is -4.09. The van der Waals surface area contributed by atoms with Gasteiger partial charge in [0.15, 0.2) is 0 Å². The van der Waals surface area contributed by atoms with Crippen molar-refractivity contribution in [3.8, 4) is 0 Å². The first-order chi connectivity index (χ1) is 18.9. The summed E-state index contributed by atoms with van der Waals surface area (Å²) in [5, 5.41) is 2.85. The predicted molar refractivity (Wildman–Crippen MR) is 164 cm³/mol. The molecule has 0 fully saturated rings. The summed E-state index contributed by atoms with van der Waals surface area (Å²) >= 11 is 3.46. The van der Waals surface area contributed by atoms with E-state index in [-0.39, 0.29) is 23.3 Å². The fourth-order valence-electron chi connectivity index (χ4n) is 4.20. The van der Waals surface area contributed by atoms with Crippen LogP contribution in [0.3, 0.4) is 0 Å². The van der Waals surface area contributed by atoms with Gasteiger partial charge in [-0.25, -0.2) is 8.42 Å². The smallest absolute Gasteiger partial charge is 0.264 e. The molecule has 7 nitrogen and oxygen atoms in total. The van der Waals surface area contributed by atoms with Crippen LogP contribution >= 0.6 is 15.9 Å². The molecule has 214 valence electrons. The van der Waals surface area contributed by atoms with E-state index in [1.165, 1.54) is 4.90 Å². The van der Waals surface area contributed by atoms with Crippen LogP contribution in [0.15, 0.2) is 82.2 Å². The first kappa shape index (κ1) is 31.4. The molecule has 1 atom stereocenters. The zero-order valence-corrected chi connectivity index (χ0v) is 26.1. The van der Waals surface area contributed by atoms with Gasteiger partial charge in [-0.3, -0.25) is 13.9 Å². The van der Waals surface area contributed by atoms with Gasteiger partial charge in [0.05, 0.1) is 10.6 Å². The molecule has 1 N–H and O–H groups in total. The maximum atomic E-state index is 14.0. The number of hydrogen-bond donors (Lipinski definition) is 1. The van der Waals surface area contributed by atoms with Gasteiger partial charge < -0.3 is 10.2 Å². The lowest BCUT2D eigenvalue weighted by Gasteiger charge is -2.32. The highest BCUT2D eigenvalue weighted by Crippen LogP contribution is 2.27. The number of aryl methyl sites for hydroxylation is 1. The second kappa shape index (κ2) is 13.9. The SMILES string of the molecule is CCCNC(=O)C(C)N(Cc1cccc(Br)c1)C(=O)CN(c1ccc(C(C)C)cc1)S(=O)(=O)c1ccc(C)cc1. The normalized spacial score (nSPS) is 12.2. The van der Waals surface area contributed by atoms with Crippen molar-refractivity contribution < 1.29 is 18.0 Å². The van der Waals surface area contributed by atoms with Crippen molar-refractivity contribution in [3.05, 3.63) is 94.0 Å². The van der Waals surface area contributed by atoms with E-state index in [1.54, 1.807) is 43.3 Å². The molecule has 1 unspecified atom stereocenters. The van der Waals surface area contributed by atoms with Crippen LogP contribution in [-0.4, -0.2) is 44.3 Å². The van der Waals surface area contributed by atoms with E-state index >= 15 is 0 Å². The van der Waals surface area contributed by atoms with Gasteiger partial charge in [-0.05, 0) is 73.7 Å². The van der Waals surface area contributed by atoms with E-state index in [0.29, 0.717) is 12.2 Å². The number of rotatable bonds is 12. The molecule has 0 aliphatic rings. The predicted octanol–water partition coefficient (Wildman–Crippen LogP) is 6.02. The molecule has 0 radical (unpaired) electrons. The summed E-state index contributed by atoms with van der Waals surface area (Å²) < 4.78 is 29.9. The highest BCUT2D eigenvalue weighted by molar-refractivity contribution is 9.10. The molecule has 2 amide bonds. The van der Waals surface area contributed by atoms with E-state index in [2.05, 4.69) is 35.1 Å². The second-order valence-corrected chi connectivity index (χ2v) is 13.0. The minimum absolute atomic E-state index is 0.0890. The van der Waals surface area contributed by atoms with Crippen molar-refractivity contribution in [2.75, 3.05) is 17.4 Å². The van der Waals surface area contributed by atoms with Crippen LogP contribution in [0.5, 0.6) is 0 Å². The van der Waals surface area contributed by atoms with Gasteiger partial charge in [-0.1, -0.05) is 78.7 Å². The second-order valence-electron chi connectivity index (χ2n) is 10.2. The molecular weight excluding hydrogens is 590 g/mol. The Bertz CT molecular complexity index is 1410. The number of carbonyl (C=O) groups is 2. The molecule has 3 aromatic rings. The van der Waals surface area contributed by atoms with Crippen LogP contribution < -0.4 is 9.62 Å². The Kier molecular flexibility index (Phi) is 10.9. The molecule has 9 heteroatoms. The number of anilines is 1. The van der Waals surface area contributed by atoms with Gasteiger partial charge in [0.1, 0.15) is 12.6 Å². The van der Waals surface area contributed by atoms with Gasteiger partial charge in [0, 0.05) is 17.6 Å². The van der Waals surface area contributed by atoms with Gasteiger partial charge in [0.25, 0.3) is 10.0 Å². The Balaban J connectivity index is 2.03. The van der Waals surface area contributed by atoms with Gasteiger partial charge >= 0.3 is 0 Å². The molecule has 0 aliphatic carbocycles. The van der Waals surface area contributed by atoms with Gasteiger partial charge in [0.2, 0.25) is 11.8 Å². The number of amides is 2. The molecule has 0 spiro atoms. The molecule has 0 bridgehead atoms. The van der Waals surface area contributed by atoms with Crippen LogP contribution in [-0.2, 0) is 26.2 Å². The standard InChI is InChI=1S/C31H38BrN3O4S/c1-6-18-33-31(37)24(5)34(20-25-8-7-9-27(32)19-25)30(36)21-35(28-14-12-26(13-15-28)22(2)3)40(38,39)29-16-10-23(4)11-17-29/h7-17,19,22,24H,6,18,20-21H2,1-5H3,(H,33,37). The Morgan fingerprint density at radius 1 is 0.950 bits per heavy atom. The summed E-state index contributed by atoms with van der Waals surface area (Å²) in [5.74, 6) is -0.511. The van der Waals surface area contributed by atoms with Crippen LogP contribution in [0.1, 0.15) is 56.7 Å². The van der Waals surface area contributed by atoms with Crippen LogP contribution in [0, 0.1) is 6.92 Å². The summed E-state index contributed by atoms with van der Waals surface area (Å²) in [7, 11) is -4.09. The van der Waals surface area contributed by atoms with Crippen molar-refractivity contribution in [2.24, 2.45) is 0 Å². The molecular formula is C31H38BrN3O4S. The molecule has 0 saturated heterocycles. The zero-order chi connectivity index (χ0) is 29.4. The van der Waals surface area contributed by atoms with Gasteiger partial charge in [-0.2, -0.15) is 0 Å². The van der Waals surface area contributed by atoms with Crippen molar-refractivity contribution in [1.82, 2.24) is 10.2 Å². The largest absolute Gasteiger partial charge is 0.354 e. The first-order valence-corrected chi connectivity index (χ1v) is 15.7.